The third-order valence-electron chi connectivity index (χ3n) is 3.18. The third-order valence-corrected chi connectivity index (χ3v) is 3.18. The Morgan fingerprint density at radius 3 is 3.06 bits per heavy atom. The fourth-order valence-electron chi connectivity index (χ4n) is 2.20. The molecule has 0 spiro atoms. The summed E-state index contributed by atoms with van der Waals surface area (Å²) in [6.45, 7) is 8.68. The number of rotatable bonds is 5. The molecule has 1 unspecified atom stereocenters. The van der Waals surface area contributed by atoms with Crippen molar-refractivity contribution in [2.24, 2.45) is 0 Å². The number of nitrogens with zero attached hydrogens (tertiary/aromatic N) is 3. The second-order valence-corrected chi connectivity index (χ2v) is 4.44. The normalized spacial score (nSPS) is 20.6. The molecule has 1 N–H and O–H groups in total. The lowest BCUT2D eigenvalue weighted by molar-refractivity contribution is 0.549. The van der Waals surface area contributed by atoms with Gasteiger partial charge in [-0.3, -0.25) is 4.68 Å². The molecule has 16 heavy (non-hydrogen) atoms. The molecule has 4 nitrogen and oxygen atoms in total. The lowest BCUT2D eigenvalue weighted by atomic mass is 10.2. The second-order valence-electron chi connectivity index (χ2n) is 4.44. The highest BCUT2D eigenvalue weighted by Gasteiger charge is 2.22. The summed E-state index contributed by atoms with van der Waals surface area (Å²) in [5, 5.41) is 7.90. The van der Waals surface area contributed by atoms with Gasteiger partial charge in [0.05, 0.1) is 11.9 Å². The fourth-order valence-corrected chi connectivity index (χ4v) is 2.20. The third kappa shape index (κ3) is 2.55. The van der Waals surface area contributed by atoms with Gasteiger partial charge in [0.2, 0.25) is 0 Å². The average molecular weight is 222 g/mol. The number of anilines is 1. The summed E-state index contributed by atoms with van der Waals surface area (Å²) in [7, 11) is 0. The first-order valence-corrected chi connectivity index (χ1v) is 6.34. The molecule has 1 aromatic heterocycles. The molecule has 1 fully saturated rings. The van der Waals surface area contributed by atoms with Crippen molar-refractivity contribution in [2.45, 2.75) is 39.3 Å². The Kier molecular flexibility index (Phi) is 3.83. The molecule has 1 saturated heterocycles. The van der Waals surface area contributed by atoms with Crippen molar-refractivity contribution in [3.8, 4) is 0 Å². The lowest BCUT2D eigenvalue weighted by Gasteiger charge is -2.16. The van der Waals surface area contributed by atoms with Gasteiger partial charge in [0.15, 0.2) is 0 Å². The number of aromatic nitrogens is 2. The Hall–Kier alpha value is -1.03. The molecule has 2 heterocycles. The van der Waals surface area contributed by atoms with E-state index >= 15 is 0 Å². The maximum atomic E-state index is 4.32. The van der Waals surface area contributed by atoms with Crippen molar-refractivity contribution < 1.29 is 0 Å². The van der Waals surface area contributed by atoms with Crippen molar-refractivity contribution in [3.05, 3.63) is 12.4 Å². The SMILES string of the molecule is CCCNC1CCN(c2cnn(CC)c2)C1. The molecule has 0 aromatic carbocycles. The predicted molar refractivity (Wildman–Crippen MR) is 66.8 cm³/mol. The van der Waals surface area contributed by atoms with Crippen LogP contribution < -0.4 is 10.2 Å². The minimum Gasteiger partial charge on any atom is -0.367 e. The van der Waals surface area contributed by atoms with E-state index in [1.165, 1.54) is 18.5 Å². The van der Waals surface area contributed by atoms with Crippen molar-refractivity contribution in [1.82, 2.24) is 15.1 Å². The molecular formula is C12H22N4. The highest BCUT2D eigenvalue weighted by molar-refractivity contribution is 5.43. The minimum atomic E-state index is 0.657. The van der Waals surface area contributed by atoms with Gasteiger partial charge in [-0.15, -0.1) is 0 Å². The van der Waals surface area contributed by atoms with Gasteiger partial charge in [-0.05, 0) is 26.3 Å². The van der Waals surface area contributed by atoms with Crippen LogP contribution in [0, 0.1) is 0 Å². The smallest absolute Gasteiger partial charge is 0.0753 e. The van der Waals surface area contributed by atoms with Crippen molar-refractivity contribution >= 4 is 5.69 Å². The molecule has 1 aliphatic heterocycles. The van der Waals surface area contributed by atoms with E-state index in [2.05, 4.69) is 35.4 Å². The van der Waals surface area contributed by atoms with E-state index in [9.17, 15) is 0 Å². The monoisotopic (exact) mass is 222 g/mol. The molecule has 2 rings (SSSR count). The van der Waals surface area contributed by atoms with Crippen molar-refractivity contribution in [3.63, 3.8) is 0 Å². The van der Waals surface area contributed by atoms with Crippen LogP contribution in [0.1, 0.15) is 26.7 Å². The summed E-state index contributed by atoms with van der Waals surface area (Å²) in [4.78, 5) is 2.42. The number of aryl methyl sites for hydroxylation is 1. The Labute approximate surface area is 97.6 Å². The zero-order valence-electron chi connectivity index (χ0n) is 10.3. The van der Waals surface area contributed by atoms with Gasteiger partial charge in [-0.1, -0.05) is 6.92 Å². The molecule has 0 aliphatic carbocycles. The van der Waals surface area contributed by atoms with Crippen LogP contribution in [0.3, 0.4) is 0 Å². The van der Waals surface area contributed by atoms with E-state index in [-0.39, 0.29) is 0 Å². The van der Waals surface area contributed by atoms with Crippen LogP contribution in [0.5, 0.6) is 0 Å². The summed E-state index contributed by atoms with van der Waals surface area (Å²) in [6, 6.07) is 0.657. The van der Waals surface area contributed by atoms with E-state index in [4.69, 9.17) is 0 Å². The fraction of sp³-hybridized carbons (Fsp3) is 0.750. The molecular weight excluding hydrogens is 200 g/mol. The Morgan fingerprint density at radius 2 is 2.38 bits per heavy atom. The molecule has 1 aromatic rings. The molecule has 0 saturated carbocycles. The number of hydrogen-bond donors (Lipinski definition) is 1. The van der Waals surface area contributed by atoms with Crippen LogP contribution >= 0.6 is 0 Å². The summed E-state index contributed by atoms with van der Waals surface area (Å²) in [5.41, 5.74) is 1.27. The van der Waals surface area contributed by atoms with Crippen molar-refractivity contribution in [1.29, 1.82) is 0 Å². The Bertz CT molecular complexity index is 321. The standard InChI is InChI=1S/C12H22N4/c1-3-6-13-11-5-7-15(9-11)12-8-14-16(4-2)10-12/h8,10-11,13H,3-7,9H2,1-2H3. The largest absolute Gasteiger partial charge is 0.367 e. The first-order valence-electron chi connectivity index (χ1n) is 6.34. The zero-order valence-corrected chi connectivity index (χ0v) is 10.3. The maximum absolute atomic E-state index is 4.32. The maximum Gasteiger partial charge on any atom is 0.0753 e. The molecule has 0 bridgehead atoms. The van der Waals surface area contributed by atoms with E-state index < -0.39 is 0 Å². The molecule has 90 valence electrons. The van der Waals surface area contributed by atoms with Crippen LogP contribution in [0.15, 0.2) is 12.4 Å². The highest BCUT2D eigenvalue weighted by atomic mass is 15.3. The zero-order chi connectivity index (χ0) is 11.4. The second kappa shape index (κ2) is 5.34. The number of nitrogens with one attached hydrogen (secondary N) is 1. The molecule has 4 heteroatoms. The average Bonchev–Trinajstić information content (AvgIpc) is 2.94. The minimum absolute atomic E-state index is 0.657. The first-order chi connectivity index (χ1) is 7.83. The molecule has 1 aliphatic rings. The van der Waals surface area contributed by atoms with E-state index in [1.54, 1.807) is 0 Å². The van der Waals surface area contributed by atoms with Crippen molar-refractivity contribution in [2.75, 3.05) is 24.5 Å². The summed E-state index contributed by atoms with van der Waals surface area (Å²) < 4.78 is 1.99. The van der Waals surface area contributed by atoms with Crippen LogP contribution in [0.25, 0.3) is 0 Å². The van der Waals surface area contributed by atoms with Crippen LogP contribution in [0.4, 0.5) is 5.69 Å². The quantitative estimate of drug-likeness (QED) is 0.819. The lowest BCUT2D eigenvalue weighted by Crippen LogP contribution is -2.32. The van der Waals surface area contributed by atoms with Gasteiger partial charge < -0.3 is 10.2 Å². The van der Waals surface area contributed by atoms with Crippen LogP contribution in [0.2, 0.25) is 0 Å². The van der Waals surface area contributed by atoms with Crippen LogP contribution in [-0.2, 0) is 6.54 Å². The highest BCUT2D eigenvalue weighted by Crippen LogP contribution is 2.19. The first kappa shape index (κ1) is 11.5. The van der Waals surface area contributed by atoms with Gasteiger partial charge in [0, 0.05) is 31.9 Å². The predicted octanol–water partition coefficient (Wildman–Crippen LogP) is 1.48. The summed E-state index contributed by atoms with van der Waals surface area (Å²) >= 11 is 0. The topological polar surface area (TPSA) is 33.1 Å². The van der Waals surface area contributed by atoms with Gasteiger partial charge >= 0.3 is 0 Å². The summed E-state index contributed by atoms with van der Waals surface area (Å²) in [5.74, 6) is 0. The van der Waals surface area contributed by atoms with Crippen LogP contribution in [-0.4, -0.2) is 35.5 Å². The van der Waals surface area contributed by atoms with E-state index in [0.717, 1.165) is 26.2 Å². The van der Waals surface area contributed by atoms with Gasteiger partial charge in [0.25, 0.3) is 0 Å². The van der Waals surface area contributed by atoms with Gasteiger partial charge in [-0.25, -0.2) is 0 Å². The van der Waals surface area contributed by atoms with Gasteiger partial charge in [-0.2, -0.15) is 5.10 Å². The van der Waals surface area contributed by atoms with Gasteiger partial charge in [0.1, 0.15) is 0 Å². The molecule has 0 amide bonds. The number of hydrogen-bond acceptors (Lipinski definition) is 3. The van der Waals surface area contributed by atoms with E-state index in [1.807, 2.05) is 10.9 Å². The molecule has 0 radical (unpaired) electrons. The Balaban J connectivity index is 1.87. The summed E-state index contributed by atoms with van der Waals surface area (Å²) in [6.07, 6.45) is 6.58. The Morgan fingerprint density at radius 1 is 1.50 bits per heavy atom. The van der Waals surface area contributed by atoms with E-state index in [0.29, 0.717) is 6.04 Å². The molecule has 1 atom stereocenters.